The van der Waals surface area contributed by atoms with Crippen LogP contribution in [0.4, 0.5) is 13.6 Å². The van der Waals surface area contributed by atoms with Crippen molar-refractivity contribution in [2.24, 2.45) is 0 Å². The standard InChI is InChI=1S/C12H16BrF2N3O2/c1-12(2,3)20-11(19)17-4-7(5-17)18-6-8(13)9(16-18)10(14)15/h6-7,10H,4-5H2,1-3H3. The van der Waals surface area contributed by atoms with Gasteiger partial charge in [-0.25, -0.2) is 13.6 Å². The molecule has 0 saturated carbocycles. The Morgan fingerprint density at radius 2 is 2.10 bits per heavy atom. The zero-order valence-electron chi connectivity index (χ0n) is 11.4. The molecule has 0 aromatic carbocycles. The molecule has 0 unspecified atom stereocenters. The van der Waals surface area contributed by atoms with Crippen LogP contribution in [0.1, 0.15) is 38.9 Å². The highest BCUT2D eigenvalue weighted by molar-refractivity contribution is 9.10. The lowest BCUT2D eigenvalue weighted by atomic mass is 10.1. The van der Waals surface area contributed by atoms with Crippen LogP contribution >= 0.6 is 15.9 Å². The summed E-state index contributed by atoms with van der Waals surface area (Å²) >= 11 is 3.05. The molecule has 1 aliphatic rings. The molecule has 0 atom stereocenters. The van der Waals surface area contributed by atoms with Gasteiger partial charge in [-0.3, -0.25) is 4.68 Å². The lowest BCUT2D eigenvalue weighted by Gasteiger charge is -2.39. The summed E-state index contributed by atoms with van der Waals surface area (Å²) in [5.74, 6) is 0. The number of amides is 1. The molecule has 1 aromatic rings. The first-order valence-electron chi connectivity index (χ1n) is 6.18. The van der Waals surface area contributed by atoms with Crippen LogP contribution in [0.15, 0.2) is 10.7 Å². The van der Waals surface area contributed by atoms with Gasteiger partial charge < -0.3 is 9.64 Å². The van der Waals surface area contributed by atoms with Crippen molar-refractivity contribution in [2.75, 3.05) is 13.1 Å². The van der Waals surface area contributed by atoms with E-state index >= 15 is 0 Å². The lowest BCUT2D eigenvalue weighted by Crippen LogP contribution is -2.52. The Hall–Kier alpha value is -1.18. The normalized spacial score (nSPS) is 16.4. The van der Waals surface area contributed by atoms with Gasteiger partial charge in [0.1, 0.15) is 11.3 Å². The van der Waals surface area contributed by atoms with E-state index in [1.54, 1.807) is 20.8 Å². The maximum Gasteiger partial charge on any atom is 0.410 e. The van der Waals surface area contributed by atoms with E-state index in [2.05, 4.69) is 21.0 Å². The molecule has 2 heterocycles. The minimum atomic E-state index is -2.62. The van der Waals surface area contributed by atoms with Crippen LogP contribution in [0.25, 0.3) is 0 Å². The van der Waals surface area contributed by atoms with Crippen molar-refractivity contribution in [1.82, 2.24) is 14.7 Å². The molecular weight excluding hydrogens is 336 g/mol. The summed E-state index contributed by atoms with van der Waals surface area (Å²) in [5, 5.41) is 3.84. The zero-order valence-corrected chi connectivity index (χ0v) is 13.0. The summed E-state index contributed by atoms with van der Waals surface area (Å²) in [6.07, 6.45) is -1.50. The van der Waals surface area contributed by atoms with Gasteiger partial charge in [-0.1, -0.05) is 0 Å². The first-order chi connectivity index (χ1) is 9.17. The second-order valence-electron chi connectivity index (χ2n) is 5.68. The molecule has 0 radical (unpaired) electrons. The minimum Gasteiger partial charge on any atom is -0.444 e. The van der Waals surface area contributed by atoms with E-state index in [4.69, 9.17) is 4.74 Å². The average molecular weight is 352 g/mol. The van der Waals surface area contributed by atoms with Gasteiger partial charge in [-0.2, -0.15) is 5.10 Å². The third-order valence-electron chi connectivity index (χ3n) is 2.81. The van der Waals surface area contributed by atoms with Gasteiger partial charge >= 0.3 is 6.09 Å². The monoisotopic (exact) mass is 351 g/mol. The molecule has 1 fully saturated rings. The predicted molar refractivity (Wildman–Crippen MR) is 71.7 cm³/mol. The summed E-state index contributed by atoms with van der Waals surface area (Å²) in [6.45, 7) is 6.20. The Kier molecular flexibility index (Phi) is 4.04. The van der Waals surface area contributed by atoms with Crippen molar-refractivity contribution >= 4 is 22.0 Å². The van der Waals surface area contributed by atoms with E-state index in [1.165, 1.54) is 15.8 Å². The molecule has 2 rings (SSSR count). The van der Waals surface area contributed by atoms with Crippen molar-refractivity contribution < 1.29 is 18.3 Å². The predicted octanol–water partition coefficient (Wildman–Crippen LogP) is 3.38. The number of hydrogen-bond donors (Lipinski definition) is 0. The van der Waals surface area contributed by atoms with Gasteiger partial charge in [0.2, 0.25) is 0 Å². The molecule has 0 spiro atoms. The molecule has 8 heteroatoms. The van der Waals surface area contributed by atoms with E-state index < -0.39 is 18.1 Å². The highest BCUT2D eigenvalue weighted by Crippen LogP contribution is 2.29. The van der Waals surface area contributed by atoms with Crippen molar-refractivity contribution in [3.63, 3.8) is 0 Å². The van der Waals surface area contributed by atoms with Crippen molar-refractivity contribution in [3.05, 3.63) is 16.4 Å². The average Bonchev–Trinajstić information content (AvgIpc) is 2.54. The van der Waals surface area contributed by atoms with Crippen molar-refractivity contribution in [1.29, 1.82) is 0 Å². The third kappa shape index (κ3) is 3.28. The van der Waals surface area contributed by atoms with Crippen LogP contribution in [0.2, 0.25) is 0 Å². The fraction of sp³-hybridized carbons (Fsp3) is 0.667. The fourth-order valence-electron chi connectivity index (χ4n) is 1.82. The Morgan fingerprint density at radius 1 is 1.50 bits per heavy atom. The van der Waals surface area contributed by atoms with Crippen molar-refractivity contribution in [3.8, 4) is 0 Å². The van der Waals surface area contributed by atoms with E-state index in [9.17, 15) is 13.6 Å². The van der Waals surface area contributed by atoms with E-state index in [-0.39, 0.29) is 16.2 Å². The lowest BCUT2D eigenvalue weighted by molar-refractivity contribution is -0.000641. The van der Waals surface area contributed by atoms with E-state index in [0.717, 1.165) is 0 Å². The zero-order chi connectivity index (χ0) is 15.1. The molecule has 0 bridgehead atoms. The number of aromatic nitrogens is 2. The van der Waals surface area contributed by atoms with E-state index in [0.29, 0.717) is 13.1 Å². The SMILES string of the molecule is CC(C)(C)OC(=O)N1CC(n2cc(Br)c(C(F)F)n2)C1. The molecule has 1 amide bonds. The minimum absolute atomic E-state index is 0.0914. The summed E-state index contributed by atoms with van der Waals surface area (Å²) in [7, 11) is 0. The molecule has 1 saturated heterocycles. The number of hydrogen-bond acceptors (Lipinski definition) is 3. The Morgan fingerprint density at radius 3 is 2.55 bits per heavy atom. The van der Waals surface area contributed by atoms with Gasteiger partial charge in [-0.15, -0.1) is 0 Å². The molecule has 1 aromatic heterocycles. The topological polar surface area (TPSA) is 47.4 Å². The maximum absolute atomic E-state index is 12.6. The quantitative estimate of drug-likeness (QED) is 0.820. The number of rotatable bonds is 2. The molecule has 20 heavy (non-hydrogen) atoms. The van der Waals surface area contributed by atoms with Crippen molar-refractivity contribution in [2.45, 2.75) is 38.8 Å². The smallest absolute Gasteiger partial charge is 0.410 e. The number of carbonyl (C=O) groups excluding carboxylic acids is 1. The van der Waals surface area contributed by atoms with Gasteiger partial charge in [-0.05, 0) is 36.7 Å². The Labute approximate surface area is 124 Å². The summed E-state index contributed by atoms with van der Waals surface area (Å²) in [5.41, 5.74) is -0.819. The maximum atomic E-state index is 12.6. The summed E-state index contributed by atoms with van der Waals surface area (Å²) in [6, 6.07) is -0.0914. The number of likely N-dealkylation sites (tertiary alicyclic amines) is 1. The number of halogens is 3. The van der Waals surface area contributed by atoms with Crippen LogP contribution < -0.4 is 0 Å². The van der Waals surface area contributed by atoms with Crippen LogP contribution in [0, 0.1) is 0 Å². The van der Waals surface area contributed by atoms with Crippen LogP contribution in [-0.4, -0.2) is 39.5 Å². The third-order valence-corrected chi connectivity index (χ3v) is 3.42. The highest BCUT2D eigenvalue weighted by atomic mass is 79.9. The highest BCUT2D eigenvalue weighted by Gasteiger charge is 2.36. The molecular formula is C12H16BrF2N3O2. The number of ether oxygens (including phenoxy) is 1. The van der Waals surface area contributed by atoms with Crippen LogP contribution in [0.5, 0.6) is 0 Å². The molecule has 0 N–H and O–H groups in total. The van der Waals surface area contributed by atoms with Crippen LogP contribution in [0.3, 0.4) is 0 Å². The van der Waals surface area contributed by atoms with Gasteiger partial charge in [0, 0.05) is 19.3 Å². The second-order valence-corrected chi connectivity index (χ2v) is 6.54. The molecule has 112 valence electrons. The number of carbonyl (C=O) groups is 1. The number of nitrogens with zero attached hydrogens (tertiary/aromatic N) is 3. The number of alkyl halides is 2. The largest absolute Gasteiger partial charge is 0.444 e. The Balaban J connectivity index is 1.93. The summed E-state index contributed by atoms with van der Waals surface area (Å²) < 4.78 is 32.2. The van der Waals surface area contributed by atoms with Gasteiger partial charge in [0.15, 0.2) is 0 Å². The first kappa shape index (κ1) is 15.2. The Bertz CT molecular complexity index is 507. The molecule has 5 nitrogen and oxygen atoms in total. The van der Waals surface area contributed by atoms with E-state index in [1.807, 2.05) is 0 Å². The summed E-state index contributed by atoms with van der Waals surface area (Å²) in [4.78, 5) is 13.3. The molecule has 0 aliphatic carbocycles. The first-order valence-corrected chi connectivity index (χ1v) is 6.97. The van der Waals surface area contributed by atoms with Crippen LogP contribution in [-0.2, 0) is 4.74 Å². The molecule has 1 aliphatic heterocycles. The van der Waals surface area contributed by atoms with Gasteiger partial charge in [0.05, 0.1) is 10.5 Å². The van der Waals surface area contributed by atoms with Gasteiger partial charge in [0.25, 0.3) is 6.43 Å². The second kappa shape index (κ2) is 5.31. The fourth-order valence-corrected chi connectivity index (χ4v) is 2.28.